The molecule has 0 bridgehead atoms. The minimum absolute atomic E-state index is 0. The molecule has 0 aromatic rings. The van der Waals surface area contributed by atoms with Gasteiger partial charge in [-0.25, -0.2) is 0 Å². The Balaban J connectivity index is 0.000000845. The van der Waals surface area contributed by atoms with Crippen LogP contribution >= 0.6 is 0 Å². The van der Waals surface area contributed by atoms with E-state index in [2.05, 4.69) is 13.8 Å². The smallest absolute Gasteiger partial charge is 0.875 e. The van der Waals surface area contributed by atoms with E-state index < -0.39 is 0 Å². The number of fused-ring (bicyclic) bond motifs is 1. The summed E-state index contributed by atoms with van der Waals surface area (Å²) in [5.74, 6) is 0.821. The third-order valence-corrected chi connectivity index (χ3v) is 3.45. The van der Waals surface area contributed by atoms with Crippen molar-refractivity contribution < 1.29 is 39.5 Å². The molecule has 2 atom stereocenters. The first-order valence-electron chi connectivity index (χ1n) is 4.37. The monoisotopic (exact) mass is 188 g/mol. The minimum atomic E-state index is -0.0157. The second-order valence-corrected chi connectivity index (χ2v) is 4.50. The number of allylic oxidation sites excluding steroid dienone is 2. The van der Waals surface area contributed by atoms with Gasteiger partial charge in [0.15, 0.2) is 5.78 Å². The summed E-state index contributed by atoms with van der Waals surface area (Å²) in [7, 11) is 0. The van der Waals surface area contributed by atoms with E-state index in [1.807, 2.05) is 0 Å². The third-order valence-electron chi connectivity index (χ3n) is 3.45. The molecule has 0 amide bonds. The molecule has 2 unspecified atom stereocenters. The van der Waals surface area contributed by atoms with Crippen molar-refractivity contribution in [1.82, 2.24) is 0 Å². The molecule has 0 spiro atoms. The Morgan fingerprint density at radius 2 is 2.08 bits per heavy atom. The Labute approximate surface area is 101 Å². The largest absolute Gasteiger partial charge is 1.00 e. The normalized spacial score (nSPS) is 33.8. The van der Waals surface area contributed by atoms with Crippen LogP contribution in [0.5, 0.6) is 0 Å². The fraction of sp³-hybridized carbons (Fsp3) is 0.700. The molecule has 2 nitrogen and oxygen atoms in total. The van der Waals surface area contributed by atoms with Crippen LogP contribution in [0.25, 0.3) is 0 Å². The molecule has 66 valence electrons. The maximum absolute atomic E-state index is 11.3. The Morgan fingerprint density at radius 3 is 2.38 bits per heavy atom. The fourth-order valence-corrected chi connectivity index (χ4v) is 2.60. The topological polar surface area (TPSA) is 40.1 Å². The van der Waals surface area contributed by atoms with E-state index in [9.17, 15) is 9.90 Å². The maximum Gasteiger partial charge on any atom is 1.00 e. The van der Waals surface area contributed by atoms with Crippen LogP contribution in [0.4, 0.5) is 0 Å². The molecular weight excluding hydrogens is 175 g/mol. The van der Waals surface area contributed by atoms with Crippen LogP contribution in [-0.4, -0.2) is 5.78 Å². The van der Waals surface area contributed by atoms with Gasteiger partial charge in [-0.05, 0) is 36.2 Å². The molecule has 1 fully saturated rings. The van der Waals surface area contributed by atoms with E-state index in [0.29, 0.717) is 17.9 Å². The van der Waals surface area contributed by atoms with Gasteiger partial charge in [0.2, 0.25) is 0 Å². The van der Waals surface area contributed by atoms with Gasteiger partial charge in [-0.3, -0.25) is 4.79 Å². The van der Waals surface area contributed by atoms with Crippen molar-refractivity contribution in [2.45, 2.75) is 27.2 Å². The molecule has 2 rings (SSSR count). The van der Waals surface area contributed by atoms with Gasteiger partial charge in [0, 0.05) is 0 Å². The fourth-order valence-electron chi connectivity index (χ4n) is 2.60. The van der Waals surface area contributed by atoms with Gasteiger partial charge < -0.3 is 5.11 Å². The Kier molecular flexibility index (Phi) is 2.70. The number of carbonyl (C=O) groups is 1. The molecule has 0 aliphatic heterocycles. The van der Waals surface area contributed by atoms with E-state index in [-0.39, 0.29) is 52.4 Å². The average Bonchev–Trinajstić information content (AvgIpc) is 2.40. The number of rotatable bonds is 1. The zero-order valence-electron chi connectivity index (χ0n) is 8.68. The molecule has 13 heavy (non-hydrogen) atoms. The van der Waals surface area contributed by atoms with Gasteiger partial charge in [-0.2, -0.15) is 0 Å². The minimum Gasteiger partial charge on any atom is -0.875 e. The number of ketones is 1. The molecule has 3 heteroatoms. The number of hydrogen-bond acceptors (Lipinski definition) is 2. The first-order valence-corrected chi connectivity index (χ1v) is 4.37. The molecule has 0 radical (unpaired) electrons. The van der Waals surface area contributed by atoms with E-state index >= 15 is 0 Å². The Morgan fingerprint density at radius 1 is 1.54 bits per heavy atom. The summed E-state index contributed by atoms with van der Waals surface area (Å²) >= 11 is 0. The summed E-state index contributed by atoms with van der Waals surface area (Å²) in [6.07, 6.45) is 0.604. The quantitative estimate of drug-likeness (QED) is 0.441. The summed E-state index contributed by atoms with van der Waals surface area (Å²) in [4.78, 5) is 11.1. The van der Waals surface area contributed by atoms with Crippen LogP contribution in [0.3, 0.4) is 0 Å². The summed E-state index contributed by atoms with van der Waals surface area (Å²) < 4.78 is 0. The summed E-state index contributed by atoms with van der Waals surface area (Å²) in [6.45, 7) is 5.78. The predicted molar refractivity (Wildman–Crippen MR) is 43.1 cm³/mol. The second-order valence-electron chi connectivity index (χ2n) is 4.50. The van der Waals surface area contributed by atoms with Gasteiger partial charge in [0.1, 0.15) is 0 Å². The third kappa shape index (κ3) is 1.39. The van der Waals surface area contributed by atoms with E-state index in [1.54, 1.807) is 0 Å². The number of hydrogen-bond donors (Lipinski definition) is 0. The van der Waals surface area contributed by atoms with Crippen molar-refractivity contribution in [2.75, 3.05) is 0 Å². The van der Waals surface area contributed by atoms with Crippen LogP contribution in [0.2, 0.25) is 0 Å². The van der Waals surface area contributed by atoms with Crippen molar-refractivity contribution in [3.05, 3.63) is 11.3 Å². The van der Waals surface area contributed by atoms with E-state index in [4.69, 9.17) is 0 Å². The van der Waals surface area contributed by atoms with Crippen molar-refractivity contribution in [1.29, 1.82) is 0 Å². The van der Waals surface area contributed by atoms with Gasteiger partial charge >= 0.3 is 29.6 Å². The SMILES string of the molecule is CC(=O)C1=C([O-])CC2C1C2(C)C.[Na+]. The van der Waals surface area contributed by atoms with Crippen molar-refractivity contribution in [3.63, 3.8) is 0 Å². The van der Waals surface area contributed by atoms with E-state index in [1.165, 1.54) is 6.92 Å². The summed E-state index contributed by atoms with van der Waals surface area (Å²) in [6, 6.07) is 0. The average molecular weight is 188 g/mol. The van der Waals surface area contributed by atoms with Gasteiger partial charge in [0.05, 0.1) is 0 Å². The molecule has 0 heterocycles. The molecule has 1 saturated carbocycles. The Bertz CT molecular complexity index is 291. The first kappa shape index (κ1) is 11.3. The Hall–Kier alpha value is 0.210. The predicted octanol–water partition coefficient (Wildman–Crippen LogP) is -2.13. The molecule has 0 N–H and O–H groups in total. The molecular formula is C10H13NaO2. The van der Waals surface area contributed by atoms with Crippen molar-refractivity contribution >= 4 is 5.78 Å². The second kappa shape index (κ2) is 3.11. The molecule has 0 aromatic heterocycles. The first-order chi connectivity index (χ1) is 5.46. The van der Waals surface area contributed by atoms with Crippen LogP contribution in [0, 0.1) is 17.3 Å². The summed E-state index contributed by atoms with van der Waals surface area (Å²) in [5, 5.41) is 11.3. The van der Waals surface area contributed by atoms with Gasteiger partial charge in [-0.15, -0.1) is 5.76 Å². The van der Waals surface area contributed by atoms with E-state index in [0.717, 1.165) is 0 Å². The van der Waals surface area contributed by atoms with Gasteiger partial charge in [0.25, 0.3) is 0 Å². The number of Topliss-reactive ketones (excluding diaryl/α,β-unsaturated/α-hetero) is 1. The van der Waals surface area contributed by atoms with Crippen LogP contribution in [-0.2, 0) is 4.79 Å². The molecule has 2 aliphatic carbocycles. The zero-order chi connectivity index (χ0) is 9.09. The van der Waals surface area contributed by atoms with Crippen molar-refractivity contribution in [2.24, 2.45) is 17.3 Å². The number of carbonyl (C=O) groups excluding carboxylic acids is 1. The van der Waals surface area contributed by atoms with Crippen LogP contribution < -0.4 is 34.7 Å². The van der Waals surface area contributed by atoms with Crippen LogP contribution in [0.1, 0.15) is 27.2 Å². The molecule has 2 aliphatic rings. The van der Waals surface area contributed by atoms with Gasteiger partial charge in [-0.1, -0.05) is 13.8 Å². The summed E-state index contributed by atoms with van der Waals surface area (Å²) in [5.41, 5.74) is 0.805. The molecule has 0 saturated heterocycles. The molecule has 0 aromatic carbocycles. The van der Waals surface area contributed by atoms with Crippen molar-refractivity contribution in [3.8, 4) is 0 Å². The standard InChI is InChI=1S/C10H14O2.Na/c1-5(11)8-7(12)4-6-9(8)10(6,2)3;/h6,9,12H,4H2,1-3H3;/q;+1/p-1. The maximum atomic E-state index is 11.3. The zero-order valence-corrected chi connectivity index (χ0v) is 10.7. The van der Waals surface area contributed by atoms with Crippen LogP contribution in [0.15, 0.2) is 11.3 Å².